The Labute approximate surface area is 108 Å². The van der Waals surface area contributed by atoms with E-state index >= 15 is 0 Å². The van der Waals surface area contributed by atoms with Gasteiger partial charge in [0.2, 0.25) is 0 Å². The summed E-state index contributed by atoms with van der Waals surface area (Å²) in [5, 5.41) is 5.98. The highest BCUT2D eigenvalue weighted by Gasteiger charge is 2.29. The third kappa shape index (κ3) is 3.00. The zero-order valence-corrected chi connectivity index (χ0v) is 11.1. The number of hydrogen-bond donors (Lipinski definition) is 2. The molecule has 4 heteroatoms. The van der Waals surface area contributed by atoms with Gasteiger partial charge in [0.15, 0.2) is 0 Å². The third-order valence-corrected chi connectivity index (χ3v) is 3.77. The van der Waals surface area contributed by atoms with Gasteiger partial charge in [0.05, 0.1) is 11.9 Å². The van der Waals surface area contributed by atoms with Gasteiger partial charge in [-0.25, -0.2) is 4.98 Å². The van der Waals surface area contributed by atoms with Crippen LogP contribution in [0.3, 0.4) is 0 Å². The van der Waals surface area contributed by atoms with Crippen LogP contribution >= 0.6 is 0 Å². The lowest BCUT2D eigenvalue weighted by atomic mass is 9.89. The van der Waals surface area contributed by atoms with E-state index in [1.807, 2.05) is 13.1 Å². The summed E-state index contributed by atoms with van der Waals surface area (Å²) >= 11 is 0. The van der Waals surface area contributed by atoms with E-state index < -0.39 is 0 Å². The summed E-state index contributed by atoms with van der Waals surface area (Å²) in [4.78, 5) is 16.1. The van der Waals surface area contributed by atoms with Gasteiger partial charge in [0.25, 0.3) is 5.91 Å². The Morgan fingerprint density at radius 3 is 2.67 bits per heavy atom. The molecule has 0 aliphatic heterocycles. The molecule has 0 bridgehead atoms. The van der Waals surface area contributed by atoms with Crippen molar-refractivity contribution in [3.63, 3.8) is 0 Å². The minimum Gasteiger partial charge on any atom is -0.387 e. The maximum absolute atomic E-state index is 11.9. The molecular weight excluding hydrogens is 226 g/mol. The Hall–Kier alpha value is -1.58. The van der Waals surface area contributed by atoms with Crippen LogP contribution in [0.2, 0.25) is 0 Å². The van der Waals surface area contributed by atoms with E-state index in [1.165, 1.54) is 25.7 Å². The second kappa shape index (κ2) is 5.38. The zero-order valence-electron chi connectivity index (χ0n) is 11.1. The van der Waals surface area contributed by atoms with E-state index in [2.05, 4.69) is 22.5 Å². The SMILES string of the molecule is CNc1ccc(C(=O)NCC2(C)CCCC2)nc1. The summed E-state index contributed by atoms with van der Waals surface area (Å²) in [5.41, 5.74) is 1.67. The van der Waals surface area contributed by atoms with E-state index in [0.717, 1.165) is 12.2 Å². The van der Waals surface area contributed by atoms with Crippen molar-refractivity contribution in [1.29, 1.82) is 0 Å². The summed E-state index contributed by atoms with van der Waals surface area (Å²) in [5.74, 6) is -0.0780. The largest absolute Gasteiger partial charge is 0.387 e. The highest BCUT2D eigenvalue weighted by atomic mass is 16.1. The molecule has 0 atom stereocenters. The van der Waals surface area contributed by atoms with Gasteiger partial charge in [-0.15, -0.1) is 0 Å². The van der Waals surface area contributed by atoms with Crippen LogP contribution < -0.4 is 10.6 Å². The van der Waals surface area contributed by atoms with Crippen molar-refractivity contribution < 1.29 is 4.79 Å². The average molecular weight is 247 g/mol. The molecule has 18 heavy (non-hydrogen) atoms. The number of nitrogens with one attached hydrogen (secondary N) is 2. The van der Waals surface area contributed by atoms with Gasteiger partial charge in [-0.05, 0) is 30.4 Å². The second-order valence-electron chi connectivity index (χ2n) is 5.38. The number of pyridine rings is 1. The summed E-state index contributed by atoms with van der Waals surface area (Å²) < 4.78 is 0. The van der Waals surface area contributed by atoms with Gasteiger partial charge in [0, 0.05) is 13.6 Å². The molecule has 1 saturated carbocycles. The van der Waals surface area contributed by atoms with Crippen molar-refractivity contribution in [2.45, 2.75) is 32.6 Å². The number of carbonyl (C=O) groups is 1. The predicted molar refractivity (Wildman–Crippen MR) is 72.7 cm³/mol. The van der Waals surface area contributed by atoms with Crippen LogP contribution in [-0.2, 0) is 0 Å². The minimum absolute atomic E-state index is 0.0780. The lowest BCUT2D eigenvalue weighted by molar-refractivity contribution is 0.0929. The predicted octanol–water partition coefficient (Wildman–Crippen LogP) is 2.43. The van der Waals surface area contributed by atoms with Gasteiger partial charge in [-0.3, -0.25) is 4.79 Å². The Balaban J connectivity index is 1.90. The monoisotopic (exact) mass is 247 g/mol. The van der Waals surface area contributed by atoms with E-state index in [9.17, 15) is 4.79 Å². The normalized spacial score (nSPS) is 17.4. The number of carbonyl (C=O) groups excluding carboxylic acids is 1. The van der Waals surface area contributed by atoms with Crippen LogP contribution in [0.1, 0.15) is 43.1 Å². The molecule has 0 radical (unpaired) electrons. The van der Waals surface area contributed by atoms with Crippen molar-refractivity contribution in [3.8, 4) is 0 Å². The fourth-order valence-electron chi connectivity index (χ4n) is 2.47. The molecule has 0 saturated heterocycles. The van der Waals surface area contributed by atoms with Crippen LogP contribution in [0.4, 0.5) is 5.69 Å². The van der Waals surface area contributed by atoms with Crippen molar-refractivity contribution in [1.82, 2.24) is 10.3 Å². The highest BCUT2D eigenvalue weighted by Crippen LogP contribution is 2.36. The molecule has 1 aliphatic carbocycles. The number of rotatable bonds is 4. The van der Waals surface area contributed by atoms with Gasteiger partial charge >= 0.3 is 0 Å². The molecule has 1 heterocycles. The first kappa shape index (κ1) is 12.9. The molecule has 1 aromatic rings. The van der Waals surface area contributed by atoms with E-state index in [-0.39, 0.29) is 11.3 Å². The van der Waals surface area contributed by atoms with Crippen molar-refractivity contribution in [2.24, 2.45) is 5.41 Å². The van der Waals surface area contributed by atoms with E-state index in [1.54, 1.807) is 12.3 Å². The van der Waals surface area contributed by atoms with E-state index in [4.69, 9.17) is 0 Å². The maximum atomic E-state index is 11.9. The maximum Gasteiger partial charge on any atom is 0.269 e. The lowest BCUT2D eigenvalue weighted by Gasteiger charge is -2.23. The van der Waals surface area contributed by atoms with Gasteiger partial charge < -0.3 is 10.6 Å². The third-order valence-electron chi connectivity index (χ3n) is 3.77. The number of aromatic nitrogens is 1. The number of amides is 1. The Kier molecular flexibility index (Phi) is 3.84. The first-order valence-corrected chi connectivity index (χ1v) is 6.55. The summed E-state index contributed by atoms with van der Waals surface area (Å²) in [7, 11) is 1.83. The summed E-state index contributed by atoms with van der Waals surface area (Å²) in [6.07, 6.45) is 6.65. The fourth-order valence-corrected chi connectivity index (χ4v) is 2.47. The molecule has 0 aromatic carbocycles. The quantitative estimate of drug-likeness (QED) is 0.859. The van der Waals surface area contributed by atoms with Gasteiger partial charge in [0.1, 0.15) is 5.69 Å². The summed E-state index contributed by atoms with van der Waals surface area (Å²) in [6, 6.07) is 3.61. The zero-order chi connectivity index (χ0) is 13.0. The van der Waals surface area contributed by atoms with Crippen molar-refractivity contribution >= 4 is 11.6 Å². The Morgan fingerprint density at radius 1 is 1.39 bits per heavy atom. The van der Waals surface area contributed by atoms with Crippen molar-refractivity contribution in [3.05, 3.63) is 24.0 Å². The summed E-state index contributed by atoms with van der Waals surface area (Å²) in [6.45, 7) is 3.00. The molecule has 2 rings (SSSR count). The average Bonchev–Trinajstić information content (AvgIpc) is 2.83. The minimum atomic E-state index is -0.0780. The fraction of sp³-hybridized carbons (Fsp3) is 0.571. The molecule has 0 spiro atoms. The number of hydrogen-bond acceptors (Lipinski definition) is 3. The lowest BCUT2D eigenvalue weighted by Crippen LogP contribution is -2.34. The van der Waals surface area contributed by atoms with Gasteiger partial charge in [-0.1, -0.05) is 19.8 Å². The van der Waals surface area contributed by atoms with E-state index in [0.29, 0.717) is 5.69 Å². The standard InChI is InChI=1S/C14H21N3O/c1-14(7-3-4-8-14)10-17-13(18)12-6-5-11(15-2)9-16-12/h5-6,9,15H,3-4,7-8,10H2,1-2H3,(H,17,18). The second-order valence-corrected chi connectivity index (χ2v) is 5.38. The smallest absolute Gasteiger partial charge is 0.269 e. The first-order chi connectivity index (χ1) is 8.63. The molecule has 2 N–H and O–H groups in total. The first-order valence-electron chi connectivity index (χ1n) is 6.55. The number of anilines is 1. The van der Waals surface area contributed by atoms with Gasteiger partial charge in [-0.2, -0.15) is 0 Å². The van der Waals surface area contributed by atoms with Crippen LogP contribution in [0.25, 0.3) is 0 Å². The molecule has 4 nitrogen and oxygen atoms in total. The molecule has 98 valence electrons. The Morgan fingerprint density at radius 2 is 2.11 bits per heavy atom. The highest BCUT2D eigenvalue weighted by molar-refractivity contribution is 5.92. The van der Waals surface area contributed by atoms with Crippen molar-refractivity contribution in [2.75, 3.05) is 18.9 Å². The van der Waals surface area contributed by atoms with Crippen LogP contribution in [0.15, 0.2) is 18.3 Å². The van der Waals surface area contributed by atoms with Crippen LogP contribution in [0, 0.1) is 5.41 Å². The topological polar surface area (TPSA) is 54.0 Å². The molecule has 1 aromatic heterocycles. The van der Waals surface area contributed by atoms with Crippen LogP contribution in [-0.4, -0.2) is 24.5 Å². The van der Waals surface area contributed by atoms with Crippen LogP contribution in [0.5, 0.6) is 0 Å². The molecular formula is C14H21N3O. The number of nitrogens with zero attached hydrogens (tertiary/aromatic N) is 1. The molecule has 1 aliphatic rings. The molecule has 1 fully saturated rings. The molecule has 0 unspecified atom stereocenters. The Bertz CT molecular complexity index is 408. The molecule has 1 amide bonds.